The number of tetrazole rings is 1. The average molecular weight is 432 g/mol. The minimum Gasteiger partial charge on any atom is -0.465 e. The van der Waals surface area contributed by atoms with Gasteiger partial charge in [-0.3, -0.25) is 0 Å². The molecule has 7 heteroatoms. The van der Waals surface area contributed by atoms with Crippen molar-refractivity contribution in [3.8, 4) is 11.4 Å². The van der Waals surface area contributed by atoms with Gasteiger partial charge in [0, 0.05) is 29.7 Å². The van der Waals surface area contributed by atoms with Gasteiger partial charge in [-0.2, -0.15) is 5.21 Å². The molecule has 7 nitrogen and oxygen atoms in total. The summed E-state index contributed by atoms with van der Waals surface area (Å²) in [5, 5.41) is 15.5. The standard InChI is InChI=1S/C25H29N5O2/c1-16(17-7-6-8-18(13-17)23-26-28-29-27-23)11-12-25(2,3)21-15-30(4)22-14-19(24(31)32-5)9-10-20(21)22/h6-10,13-16H,11-12H2,1-5H3,(H,26,27,28,29). The van der Waals surface area contributed by atoms with Gasteiger partial charge in [-0.05, 0) is 58.7 Å². The number of aromatic amines is 1. The predicted molar refractivity (Wildman–Crippen MR) is 125 cm³/mol. The fourth-order valence-electron chi connectivity index (χ4n) is 4.32. The van der Waals surface area contributed by atoms with Crippen molar-refractivity contribution in [2.24, 2.45) is 7.05 Å². The van der Waals surface area contributed by atoms with Gasteiger partial charge in [0.1, 0.15) is 0 Å². The van der Waals surface area contributed by atoms with Crippen molar-refractivity contribution >= 4 is 16.9 Å². The third-order valence-electron chi connectivity index (χ3n) is 6.40. The number of carbonyl (C=O) groups excluding carboxylic acids is 1. The molecule has 166 valence electrons. The normalized spacial score (nSPS) is 12.8. The van der Waals surface area contributed by atoms with E-state index >= 15 is 0 Å². The first-order valence-corrected chi connectivity index (χ1v) is 10.8. The third-order valence-corrected chi connectivity index (χ3v) is 6.40. The lowest BCUT2D eigenvalue weighted by Gasteiger charge is -2.26. The molecule has 0 amide bonds. The molecule has 0 radical (unpaired) electrons. The molecule has 32 heavy (non-hydrogen) atoms. The summed E-state index contributed by atoms with van der Waals surface area (Å²) >= 11 is 0. The number of nitrogens with zero attached hydrogens (tertiary/aromatic N) is 4. The molecule has 4 aromatic rings. The molecule has 0 saturated heterocycles. The van der Waals surface area contributed by atoms with E-state index in [0.717, 1.165) is 23.9 Å². The number of fused-ring (bicyclic) bond motifs is 1. The number of hydrogen-bond donors (Lipinski definition) is 1. The van der Waals surface area contributed by atoms with Crippen LogP contribution in [-0.4, -0.2) is 38.3 Å². The molecule has 2 heterocycles. The second kappa shape index (κ2) is 8.57. The highest BCUT2D eigenvalue weighted by atomic mass is 16.5. The zero-order valence-corrected chi connectivity index (χ0v) is 19.2. The molecule has 0 saturated carbocycles. The van der Waals surface area contributed by atoms with Crippen LogP contribution in [0.3, 0.4) is 0 Å². The monoisotopic (exact) mass is 431 g/mol. The van der Waals surface area contributed by atoms with Gasteiger partial charge >= 0.3 is 5.97 Å². The molecule has 4 rings (SSSR count). The molecule has 1 atom stereocenters. The van der Waals surface area contributed by atoms with Crippen LogP contribution in [-0.2, 0) is 17.2 Å². The molecule has 0 aliphatic heterocycles. The lowest BCUT2D eigenvalue weighted by Crippen LogP contribution is -2.17. The van der Waals surface area contributed by atoms with Crippen LogP contribution >= 0.6 is 0 Å². The number of aryl methyl sites for hydroxylation is 1. The first kappa shape index (κ1) is 21.7. The smallest absolute Gasteiger partial charge is 0.337 e. The highest BCUT2D eigenvalue weighted by molar-refractivity contribution is 5.95. The second-order valence-electron chi connectivity index (χ2n) is 9.06. The van der Waals surface area contributed by atoms with Crippen LogP contribution in [0.5, 0.6) is 0 Å². The molecule has 0 spiro atoms. The van der Waals surface area contributed by atoms with Crippen molar-refractivity contribution in [1.82, 2.24) is 25.2 Å². The van der Waals surface area contributed by atoms with Crippen LogP contribution in [0.4, 0.5) is 0 Å². The molecule has 0 fully saturated rings. The van der Waals surface area contributed by atoms with Crippen molar-refractivity contribution < 1.29 is 9.53 Å². The number of ether oxygens (including phenoxy) is 1. The third kappa shape index (κ3) is 4.15. The maximum Gasteiger partial charge on any atom is 0.337 e. The van der Waals surface area contributed by atoms with E-state index < -0.39 is 0 Å². The van der Waals surface area contributed by atoms with Gasteiger partial charge in [-0.25, -0.2) is 4.79 Å². The van der Waals surface area contributed by atoms with Crippen molar-refractivity contribution in [3.63, 3.8) is 0 Å². The summed E-state index contributed by atoms with van der Waals surface area (Å²) in [6, 6.07) is 14.2. The van der Waals surface area contributed by atoms with E-state index in [2.05, 4.69) is 64.3 Å². The Labute approximate surface area is 187 Å². The largest absolute Gasteiger partial charge is 0.465 e. The van der Waals surface area contributed by atoms with Crippen LogP contribution in [0, 0.1) is 0 Å². The van der Waals surface area contributed by atoms with Gasteiger partial charge < -0.3 is 9.30 Å². The number of aromatic nitrogens is 5. The van der Waals surface area contributed by atoms with E-state index in [0.29, 0.717) is 17.3 Å². The summed E-state index contributed by atoms with van der Waals surface area (Å²) in [5.41, 5.74) is 5.12. The van der Waals surface area contributed by atoms with E-state index in [4.69, 9.17) is 4.74 Å². The summed E-state index contributed by atoms with van der Waals surface area (Å²) in [5.74, 6) is 0.689. The molecule has 1 unspecified atom stereocenters. The van der Waals surface area contributed by atoms with E-state index in [1.807, 2.05) is 37.4 Å². The average Bonchev–Trinajstić information content (AvgIpc) is 3.46. The van der Waals surface area contributed by atoms with E-state index in [1.165, 1.54) is 23.6 Å². The molecule has 0 bridgehead atoms. The molecule has 0 aliphatic carbocycles. The molecule has 0 aliphatic rings. The van der Waals surface area contributed by atoms with Crippen molar-refractivity contribution in [2.45, 2.75) is 44.9 Å². The second-order valence-corrected chi connectivity index (χ2v) is 9.06. The Morgan fingerprint density at radius 3 is 2.75 bits per heavy atom. The molecule has 2 aromatic carbocycles. The maximum atomic E-state index is 11.9. The summed E-state index contributed by atoms with van der Waals surface area (Å²) < 4.78 is 6.97. The number of methoxy groups -OCH3 is 1. The van der Waals surface area contributed by atoms with Gasteiger partial charge in [-0.1, -0.05) is 45.0 Å². The van der Waals surface area contributed by atoms with E-state index in [-0.39, 0.29) is 11.4 Å². The minimum atomic E-state index is -0.314. The number of hydrogen-bond acceptors (Lipinski definition) is 5. The number of benzene rings is 2. The van der Waals surface area contributed by atoms with Crippen LogP contribution in [0.2, 0.25) is 0 Å². The van der Waals surface area contributed by atoms with Crippen LogP contribution in [0.15, 0.2) is 48.7 Å². The van der Waals surface area contributed by atoms with Crippen molar-refractivity contribution in [1.29, 1.82) is 0 Å². The number of H-pyrrole nitrogens is 1. The van der Waals surface area contributed by atoms with E-state index in [1.54, 1.807) is 0 Å². The number of carbonyl (C=O) groups is 1. The van der Waals surface area contributed by atoms with Gasteiger partial charge in [0.15, 0.2) is 0 Å². The Balaban J connectivity index is 1.54. The Bertz CT molecular complexity index is 1240. The minimum absolute atomic E-state index is 0.0220. The number of rotatable bonds is 7. The zero-order chi connectivity index (χ0) is 22.9. The van der Waals surface area contributed by atoms with Gasteiger partial charge in [0.2, 0.25) is 5.82 Å². The Kier molecular flexibility index (Phi) is 5.82. The first-order chi connectivity index (χ1) is 15.3. The van der Waals surface area contributed by atoms with Crippen LogP contribution in [0.25, 0.3) is 22.3 Å². The van der Waals surface area contributed by atoms with Crippen LogP contribution in [0.1, 0.15) is 61.0 Å². The zero-order valence-electron chi connectivity index (χ0n) is 19.2. The number of nitrogens with one attached hydrogen (secondary N) is 1. The first-order valence-electron chi connectivity index (χ1n) is 10.8. The predicted octanol–water partition coefficient (Wildman–Crippen LogP) is 5.01. The quantitative estimate of drug-likeness (QED) is 0.416. The SMILES string of the molecule is COC(=O)c1ccc2c(C(C)(C)CCC(C)c3cccc(-c4nn[nH]n4)c3)cn(C)c2c1. The van der Waals surface area contributed by atoms with Crippen LogP contribution < -0.4 is 0 Å². The van der Waals surface area contributed by atoms with Gasteiger partial charge in [-0.15, -0.1) is 10.2 Å². The molecular weight excluding hydrogens is 402 g/mol. The fourth-order valence-corrected chi connectivity index (χ4v) is 4.32. The summed E-state index contributed by atoms with van der Waals surface area (Å²) in [7, 11) is 3.43. The van der Waals surface area contributed by atoms with Gasteiger partial charge in [0.05, 0.1) is 12.7 Å². The highest BCUT2D eigenvalue weighted by Gasteiger charge is 2.26. The number of esters is 1. The maximum absolute atomic E-state index is 11.9. The topological polar surface area (TPSA) is 85.7 Å². The lowest BCUT2D eigenvalue weighted by atomic mass is 9.78. The Morgan fingerprint density at radius 2 is 2.03 bits per heavy atom. The van der Waals surface area contributed by atoms with Crippen molar-refractivity contribution in [3.05, 3.63) is 65.4 Å². The Hall–Kier alpha value is -3.48. The summed E-state index contributed by atoms with van der Waals surface area (Å²) in [6.45, 7) is 6.84. The highest BCUT2D eigenvalue weighted by Crippen LogP contribution is 2.38. The lowest BCUT2D eigenvalue weighted by molar-refractivity contribution is 0.0601. The fraction of sp³-hybridized carbons (Fsp3) is 0.360. The van der Waals surface area contributed by atoms with Crippen molar-refractivity contribution in [2.75, 3.05) is 7.11 Å². The van der Waals surface area contributed by atoms with E-state index in [9.17, 15) is 4.79 Å². The molecule has 2 aromatic heterocycles. The Morgan fingerprint density at radius 1 is 1.22 bits per heavy atom. The summed E-state index contributed by atoms with van der Waals surface area (Å²) in [4.78, 5) is 11.9. The summed E-state index contributed by atoms with van der Waals surface area (Å²) in [6.07, 6.45) is 4.26. The molecule has 1 N–H and O–H groups in total. The van der Waals surface area contributed by atoms with Gasteiger partial charge in [0.25, 0.3) is 0 Å². The molecular formula is C25H29N5O2.